The molecule has 0 radical (unpaired) electrons. The molecule has 21 heavy (non-hydrogen) atoms. The Bertz CT molecular complexity index is 620. The molecule has 0 aliphatic carbocycles. The minimum atomic E-state index is 0.342. The fourth-order valence-electron chi connectivity index (χ4n) is 2.40. The van der Waals surface area contributed by atoms with Gasteiger partial charge < -0.3 is 15.5 Å². The van der Waals surface area contributed by atoms with Crippen LogP contribution in [-0.4, -0.2) is 48.1 Å². The monoisotopic (exact) mass is 303 g/mol. The van der Waals surface area contributed by atoms with Gasteiger partial charge in [-0.25, -0.2) is 4.98 Å². The second kappa shape index (κ2) is 5.87. The topological polar surface area (TPSA) is 58.3 Å². The first-order valence-electron chi connectivity index (χ1n) is 6.94. The molecule has 0 atom stereocenters. The van der Waals surface area contributed by atoms with Gasteiger partial charge in [0.05, 0.1) is 22.6 Å². The molecular weight excluding hydrogens is 286 g/mol. The van der Waals surface area contributed by atoms with Gasteiger partial charge in [-0.2, -0.15) is 0 Å². The van der Waals surface area contributed by atoms with E-state index in [1.807, 2.05) is 12.3 Å². The Hall–Kier alpha value is -1.85. The van der Waals surface area contributed by atoms with Crippen molar-refractivity contribution in [2.45, 2.75) is 0 Å². The second-order valence-electron chi connectivity index (χ2n) is 5.28. The lowest BCUT2D eigenvalue weighted by molar-refractivity contribution is 0.313. The predicted molar refractivity (Wildman–Crippen MR) is 86.6 cm³/mol. The average molecular weight is 304 g/mol. The van der Waals surface area contributed by atoms with Crippen molar-refractivity contribution >= 4 is 23.1 Å². The number of pyridine rings is 2. The number of hydrogen-bond acceptors (Lipinski definition) is 5. The summed E-state index contributed by atoms with van der Waals surface area (Å²) in [6.07, 6.45) is 3.60. The minimum absolute atomic E-state index is 0.342. The standard InChI is InChI=1S/C15H18ClN5/c1-20-4-6-21(7-5-20)12-2-3-14(18-10-12)11-8-13(16)15(17)19-9-11/h2-3,8-10H,4-7H2,1H3,(H2,17,19). The van der Waals surface area contributed by atoms with E-state index in [9.17, 15) is 0 Å². The van der Waals surface area contributed by atoms with Gasteiger partial charge in [-0.3, -0.25) is 4.98 Å². The van der Waals surface area contributed by atoms with E-state index in [4.69, 9.17) is 17.3 Å². The van der Waals surface area contributed by atoms with Crippen LogP contribution in [0, 0.1) is 0 Å². The number of piperazine rings is 1. The number of nitrogen functional groups attached to an aromatic ring is 1. The van der Waals surface area contributed by atoms with Crippen molar-refractivity contribution < 1.29 is 0 Å². The van der Waals surface area contributed by atoms with Crippen molar-refractivity contribution in [3.8, 4) is 11.3 Å². The third kappa shape index (κ3) is 3.09. The Kier molecular flexibility index (Phi) is 3.94. The molecule has 2 aromatic heterocycles. The van der Waals surface area contributed by atoms with Crippen LogP contribution in [0.3, 0.4) is 0 Å². The first-order valence-corrected chi connectivity index (χ1v) is 7.32. The molecule has 2 N–H and O–H groups in total. The zero-order valence-corrected chi connectivity index (χ0v) is 12.7. The lowest BCUT2D eigenvalue weighted by Gasteiger charge is -2.33. The van der Waals surface area contributed by atoms with E-state index >= 15 is 0 Å². The van der Waals surface area contributed by atoms with Gasteiger partial charge >= 0.3 is 0 Å². The summed E-state index contributed by atoms with van der Waals surface area (Å²) in [6.45, 7) is 4.23. The first kappa shape index (κ1) is 14.1. The molecule has 1 fully saturated rings. The van der Waals surface area contributed by atoms with E-state index in [1.54, 1.807) is 12.3 Å². The van der Waals surface area contributed by atoms with Crippen LogP contribution in [0.2, 0.25) is 5.02 Å². The normalized spacial score (nSPS) is 16.2. The summed E-state index contributed by atoms with van der Waals surface area (Å²) in [4.78, 5) is 13.3. The summed E-state index contributed by atoms with van der Waals surface area (Å²) in [6, 6.07) is 5.89. The molecular formula is C15H18ClN5. The van der Waals surface area contributed by atoms with Crippen LogP contribution < -0.4 is 10.6 Å². The van der Waals surface area contributed by atoms with Crippen LogP contribution in [0.5, 0.6) is 0 Å². The maximum atomic E-state index is 6.00. The van der Waals surface area contributed by atoms with Gasteiger partial charge in [0.1, 0.15) is 5.82 Å². The van der Waals surface area contributed by atoms with E-state index in [1.165, 1.54) is 0 Å². The van der Waals surface area contributed by atoms with Gasteiger partial charge in [0.2, 0.25) is 0 Å². The molecule has 110 valence electrons. The molecule has 1 saturated heterocycles. The number of rotatable bonds is 2. The lowest BCUT2D eigenvalue weighted by atomic mass is 10.2. The number of hydrogen-bond donors (Lipinski definition) is 1. The second-order valence-corrected chi connectivity index (χ2v) is 5.69. The Morgan fingerprint density at radius 2 is 1.86 bits per heavy atom. The molecule has 5 nitrogen and oxygen atoms in total. The number of anilines is 2. The van der Waals surface area contributed by atoms with Crippen LogP contribution in [0.1, 0.15) is 0 Å². The number of aromatic nitrogens is 2. The molecule has 0 saturated carbocycles. The van der Waals surface area contributed by atoms with Gasteiger partial charge in [0, 0.05) is 37.9 Å². The third-order valence-corrected chi connectivity index (χ3v) is 4.08. The number of nitrogens with two attached hydrogens (primary N) is 1. The Morgan fingerprint density at radius 1 is 1.10 bits per heavy atom. The number of halogens is 1. The van der Waals surface area contributed by atoms with Crippen LogP contribution in [0.4, 0.5) is 11.5 Å². The van der Waals surface area contributed by atoms with E-state index in [0.717, 1.165) is 43.1 Å². The smallest absolute Gasteiger partial charge is 0.142 e. The molecule has 1 aliphatic heterocycles. The summed E-state index contributed by atoms with van der Waals surface area (Å²) in [5.41, 5.74) is 8.50. The highest BCUT2D eigenvalue weighted by Gasteiger charge is 2.14. The largest absolute Gasteiger partial charge is 0.382 e. The molecule has 3 rings (SSSR count). The molecule has 0 aromatic carbocycles. The fourth-order valence-corrected chi connectivity index (χ4v) is 2.56. The first-order chi connectivity index (χ1) is 10.1. The molecule has 1 aliphatic rings. The lowest BCUT2D eigenvalue weighted by Crippen LogP contribution is -2.44. The average Bonchev–Trinajstić information content (AvgIpc) is 2.51. The van der Waals surface area contributed by atoms with Gasteiger partial charge in [-0.1, -0.05) is 11.6 Å². The summed E-state index contributed by atoms with van der Waals surface area (Å²) >= 11 is 6.00. The molecule has 0 unspecified atom stereocenters. The van der Waals surface area contributed by atoms with Gasteiger partial charge in [-0.05, 0) is 25.2 Å². The zero-order valence-electron chi connectivity index (χ0n) is 12.0. The SMILES string of the molecule is CN1CCN(c2ccc(-c3cnc(N)c(Cl)c3)nc2)CC1. The third-order valence-electron chi connectivity index (χ3n) is 3.78. The van der Waals surface area contributed by atoms with Crippen LogP contribution in [0.25, 0.3) is 11.3 Å². The van der Waals surface area contributed by atoms with Crippen molar-refractivity contribution in [1.82, 2.24) is 14.9 Å². The molecule has 0 bridgehead atoms. The predicted octanol–water partition coefficient (Wildman–Crippen LogP) is 2.13. The molecule has 2 aromatic rings. The van der Waals surface area contributed by atoms with Crippen molar-refractivity contribution in [1.29, 1.82) is 0 Å². The van der Waals surface area contributed by atoms with E-state index in [2.05, 4.69) is 32.9 Å². The summed E-state index contributed by atoms with van der Waals surface area (Å²) in [5.74, 6) is 0.342. The number of nitrogens with zero attached hydrogens (tertiary/aromatic N) is 4. The van der Waals surface area contributed by atoms with E-state index in [-0.39, 0.29) is 0 Å². The molecule has 6 heteroatoms. The molecule has 0 spiro atoms. The maximum absolute atomic E-state index is 6.00. The van der Waals surface area contributed by atoms with E-state index < -0.39 is 0 Å². The van der Waals surface area contributed by atoms with Crippen LogP contribution in [0.15, 0.2) is 30.6 Å². The highest BCUT2D eigenvalue weighted by molar-refractivity contribution is 6.33. The van der Waals surface area contributed by atoms with Gasteiger partial charge in [-0.15, -0.1) is 0 Å². The quantitative estimate of drug-likeness (QED) is 0.921. The summed E-state index contributed by atoms with van der Waals surface area (Å²) in [7, 11) is 2.15. The fraction of sp³-hybridized carbons (Fsp3) is 0.333. The highest BCUT2D eigenvalue weighted by Crippen LogP contribution is 2.25. The number of likely N-dealkylation sites (N-methyl/N-ethyl adjacent to an activating group) is 1. The highest BCUT2D eigenvalue weighted by atomic mass is 35.5. The molecule has 3 heterocycles. The van der Waals surface area contributed by atoms with Crippen molar-refractivity contribution in [2.24, 2.45) is 0 Å². The van der Waals surface area contributed by atoms with Gasteiger partial charge in [0.25, 0.3) is 0 Å². The zero-order chi connectivity index (χ0) is 14.8. The Labute approximate surface area is 129 Å². The van der Waals surface area contributed by atoms with E-state index in [0.29, 0.717) is 10.8 Å². The summed E-state index contributed by atoms with van der Waals surface area (Å²) in [5, 5.41) is 0.456. The van der Waals surface area contributed by atoms with Crippen molar-refractivity contribution in [3.05, 3.63) is 35.6 Å². The molecule has 0 amide bonds. The van der Waals surface area contributed by atoms with Crippen molar-refractivity contribution in [3.63, 3.8) is 0 Å². The van der Waals surface area contributed by atoms with Gasteiger partial charge in [0.15, 0.2) is 0 Å². The summed E-state index contributed by atoms with van der Waals surface area (Å²) < 4.78 is 0. The Morgan fingerprint density at radius 3 is 2.48 bits per heavy atom. The maximum Gasteiger partial charge on any atom is 0.142 e. The van der Waals surface area contributed by atoms with Crippen molar-refractivity contribution in [2.75, 3.05) is 43.9 Å². The van der Waals surface area contributed by atoms with Crippen LogP contribution >= 0.6 is 11.6 Å². The van der Waals surface area contributed by atoms with Crippen LogP contribution in [-0.2, 0) is 0 Å². The minimum Gasteiger partial charge on any atom is -0.382 e. The Balaban J connectivity index is 1.79.